The van der Waals surface area contributed by atoms with E-state index in [4.69, 9.17) is 0 Å². The van der Waals surface area contributed by atoms with Crippen molar-refractivity contribution >= 4 is 11.9 Å². The smallest absolute Gasteiger partial charge is 0.311 e. The van der Waals surface area contributed by atoms with Gasteiger partial charge in [-0.05, 0) is 32.6 Å². The van der Waals surface area contributed by atoms with Crippen molar-refractivity contribution in [2.75, 3.05) is 13.1 Å². The molecule has 1 atom stereocenters. The van der Waals surface area contributed by atoms with Crippen LogP contribution in [-0.2, 0) is 9.59 Å². The highest BCUT2D eigenvalue weighted by atomic mass is 16.4. The van der Waals surface area contributed by atoms with Crippen molar-refractivity contribution in [3.8, 4) is 0 Å². The molecule has 1 N–H and O–H groups in total. The van der Waals surface area contributed by atoms with E-state index in [1.807, 2.05) is 4.90 Å². The molecule has 1 aliphatic carbocycles. The van der Waals surface area contributed by atoms with Gasteiger partial charge >= 0.3 is 5.97 Å². The summed E-state index contributed by atoms with van der Waals surface area (Å²) >= 11 is 0. The monoisotopic (exact) mass is 267 g/mol. The largest absolute Gasteiger partial charge is 0.481 e. The number of hydrogen-bond acceptors (Lipinski definition) is 2. The van der Waals surface area contributed by atoms with Crippen LogP contribution in [0.15, 0.2) is 0 Å². The van der Waals surface area contributed by atoms with Gasteiger partial charge in [0.2, 0.25) is 5.91 Å². The maximum absolute atomic E-state index is 12.8. The van der Waals surface area contributed by atoms with Gasteiger partial charge < -0.3 is 10.0 Å². The van der Waals surface area contributed by atoms with E-state index in [9.17, 15) is 14.7 Å². The Morgan fingerprint density at radius 2 is 1.79 bits per heavy atom. The first-order chi connectivity index (χ1) is 8.93. The molecule has 0 bridgehead atoms. The molecule has 1 aliphatic heterocycles. The first kappa shape index (κ1) is 14.4. The minimum Gasteiger partial charge on any atom is -0.481 e. The Morgan fingerprint density at radius 3 is 2.26 bits per heavy atom. The summed E-state index contributed by atoms with van der Waals surface area (Å²) in [6.45, 7) is 4.82. The first-order valence-electron chi connectivity index (χ1n) is 7.46. The minimum absolute atomic E-state index is 0.206. The van der Waals surface area contributed by atoms with Gasteiger partial charge in [0.05, 0.1) is 5.41 Å². The first-order valence-corrected chi connectivity index (χ1v) is 7.46. The summed E-state index contributed by atoms with van der Waals surface area (Å²) in [6.07, 6.45) is 6.89. The lowest BCUT2D eigenvalue weighted by molar-refractivity contribution is -0.149. The molecule has 2 rings (SSSR count). The average molecular weight is 267 g/mol. The zero-order chi connectivity index (χ0) is 14.1. The summed E-state index contributed by atoms with van der Waals surface area (Å²) in [4.78, 5) is 25.9. The molecule has 0 aromatic heterocycles. The third kappa shape index (κ3) is 2.49. The van der Waals surface area contributed by atoms with Gasteiger partial charge in [-0.2, -0.15) is 0 Å². The summed E-state index contributed by atoms with van der Waals surface area (Å²) in [5.74, 6) is -0.573. The zero-order valence-electron chi connectivity index (χ0n) is 12.1. The third-order valence-electron chi connectivity index (χ3n) is 5.22. The summed E-state index contributed by atoms with van der Waals surface area (Å²) in [7, 11) is 0. The van der Waals surface area contributed by atoms with Crippen LogP contribution < -0.4 is 0 Å². The van der Waals surface area contributed by atoms with Crippen molar-refractivity contribution in [1.29, 1.82) is 0 Å². The van der Waals surface area contributed by atoms with Crippen molar-refractivity contribution in [1.82, 2.24) is 4.90 Å². The van der Waals surface area contributed by atoms with Crippen molar-refractivity contribution < 1.29 is 14.7 Å². The number of hydrogen-bond donors (Lipinski definition) is 1. The molecule has 0 aromatic rings. The topological polar surface area (TPSA) is 57.6 Å². The lowest BCUT2D eigenvalue weighted by atomic mass is 9.71. The Hall–Kier alpha value is -1.06. The summed E-state index contributed by atoms with van der Waals surface area (Å²) < 4.78 is 0. The second-order valence-electron chi connectivity index (χ2n) is 6.54. The molecule has 4 heteroatoms. The van der Waals surface area contributed by atoms with Crippen LogP contribution in [0.1, 0.15) is 58.8 Å². The number of rotatable bonds is 3. The molecule has 2 fully saturated rings. The Morgan fingerprint density at radius 1 is 1.16 bits per heavy atom. The Bertz CT molecular complexity index is 374. The maximum Gasteiger partial charge on any atom is 0.311 e. The fraction of sp³-hybridized carbons (Fsp3) is 0.867. The summed E-state index contributed by atoms with van der Waals surface area (Å²) in [5.41, 5.74) is -0.957. The van der Waals surface area contributed by atoms with Crippen LogP contribution in [0.25, 0.3) is 0 Å². The number of carboxylic acid groups (broad SMARTS) is 1. The number of carbonyl (C=O) groups excluding carboxylic acids is 1. The second kappa shape index (κ2) is 5.14. The molecule has 19 heavy (non-hydrogen) atoms. The van der Waals surface area contributed by atoms with Crippen LogP contribution in [0.3, 0.4) is 0 Å². The van der Waals surface area contributed by atoms with E-state index in [2.05, 4.69) is 6.92 Å². The van der Waals surface area contributed by atoms with Gasteiger partial charge in [-0.1, -0.05) is 26.2 Å². The van der Waals surface area contributed by atoms with E-state index < -0.39 is 11.4 Å². The fourth-order valence-corrected chi connectivity index (χ4v) is 3.59. The van der Waals surface area contributed by atoms with Crippen LogP contribution in [0.5, 0.6) is 0 Å². The highest BCUT2D eigenvalue weighted by Gasteiger charge is 2.47. The van der Waals surface area contributed by atoms with Crippen molar-refractivity contribution in [2.24, 2.45) is 10.8 Å². The van der Waals surface area contributed by atoms with E-state index in [-0.39, 0.29) is 11.3 Å². The van der Waals surface area contributed by atoms with E-state index in [1.54, 1.807) is 6.92 Å². The van der Waals surface area contributed by atoms with Gasteiger partial charge in [0.15, 0.2) is 0 Å². The highest BCUT2D eigenvalue weighted by molar-refractivity contribution is 5.85. The van der Waals surface area contributed by atoms with Crippen LogP contribution >= 0.6 is 0 Å². The molecular weight excluding hydrogens is 242 g/mol. The van der Waals surface area contributed by atoms with Gasteiger partial charge in [0, 0.05) is 18.5 Å². The lowest BCUT2D eigenvalue weighted by Gasteiger charge is -2.38. The zero-order valence-corrected chi connectivity index (χ0v) is 12.1. The normalized spacial score (nSPS) is 30.3. The number of likely N-dealkylation sites (tertiary alicyclic amines) is 1. The van der Waals surface area contributed by atoms with E-state index in [1.165, 1.54) is 6.42 Å². The van der Waals surface area contributed by atoms with Crippen molar-refractivity contribution in [3.63, 3.8) is 0 Å². The second-order valence-corrected chi connectivity index (χ2v) is 6.54. The number of aliphatic carboxylic acids is 1. The molecule has 0 aromatic carbocycles. The number of nitrogens with zero attached hydrogens (tertiary/aromatic N) is 1. The molecule has 4 nitrogen and oxygen atoms in total. The maximum atomic E-state index is 12.8. The molecule has 108 valence electrons. The van der Waals surface area contributed by atoms with Gasteiger partial charge in [0.1, 0.15) is 0 Å². The van der Waals surface area contributed by atoms with E-state index in [0.29, 0.717) is 19.5 Å². The molecule has 1 saturated heterocycles. The van der Waals surface area contributed by atoms with Crippen LogP contribution in [-0.4, -0.2) is 35.0 Å². The third-order valence-corrected chi connectivity index (χ3v) is 5.22. The molecule has 0 spiro atoms. The summed E-state index contributed by atoms with van der Waals surface area (Å²) in [5, 5.41) is 9.27. The molecule has 1 heterocycles. The average Bonchev–Trinajstić information content (AvgIpc) is 2.83. The highest BCUT2D eigenvalue weighted by Crippen LogP contribution is 2.42. The number of carboxylic acids is 1. The van der Waals surface area contributed by atoms with Crippen molar-refractivity contribution in [2.45, 2.75) is 58.8 Å². The van der Waals surface area contributed by atoms with Gasteiger partial charge in [-0.15, -0.1) is 0 Å². The van der Waals surface area contributed by atoms with E-state index >= 15 is 0 Å². The van der Waals surface area contributed by atoms with Gasteiger partial charge in [-0.3, -0.25) is 9.59 Å². The Balaban J connectivity index is 2.10. The van der Waals surface area contributed by atoms with Crippen LogP contribution in [0.2, 0.25) is 0 Å². The quantitative estimate of drug-likeness (QED) is 0.855. The van der Waals surface area contributed by atoms with Crippen LogP contribution in [0.4, 0.5) is 0 Å². The Kier molecular flexibility index (Phi) is 3.88. The molecule has 2 aliphatic rings. The van der Waals surface area contributed by atoms with E-state index in [0.717, 1.165) is 32.1 Å². The number of amides is 1. The molecular formula is C15H25NO3. The molecule has 1 saturated carbocycles. The lowest BCUT2D eigenvalue weighted by Crippen LogP contribution is -2.45. The standard InChI is InChI=1S/C15H25NO3/c1-3-15(7-5-4-6-8-15)12(17)16-10-9-14(2,11-16)13(18)19/h3-11H2,1-2H3,(H,18,19). The fourth-order valence-electron chi connectivity index (χ4n) is 3.59. The summed E-state index contributed by atoms with van der Waals surface area (Å²) in [6, 6.07) is 0. The molecule has 1 unspecified atom stereocenters. The molecule has 1 amide bonds. The Labute approximate surface area is 115 Å². The van der Waals surface area contributed by atoms with Gasteiger partial charge in [-0.25, -0.2) is 0 Å². The molecule has 0 radical (unpaired) electrons. The van der Waals surface area contributed by atoms with Crippen LogP contribution in [0, 0.1) is 10.8 Å². The van der Waals surface area contributed by atoms with Gasteiger partial charge in [0.25, 0.3) is 0 Å². The predicted molar refractivity (Wildman–Crippen MR) is 72.7 cm³/mol. The SMILES string of the molecule is CCC1(C(=O)N2CCC(C)(C(=O)O)C2)CCCCC1. The predicted octanol–water partition coefficient (Wildman–Crippen LogP) is 2.67. The number of carbonyl (C=O) groups is 2. The van der Waals surface area contributed by atoms with Crippen molar-refractivity contribution in [3.05, 3.63) is 0 Å². The minimum atomic E-state index is -0.781.